The molecule has 0 unspecified atom stereocenters. The summed E-state index contributed by atoms with van der Waals surface area (Å²) < 4.78 is 5.35. The van der Waals surface area contributed by atoms with E-state index in [-0.39, 0.29) is 15.7 Å². The third-order valence-corrected chi connectivity index (χ3v) is 6.12. The Kier molecular flexibility index (Phi) is 5.31. The van der Waals surface area contributed by atoms with Crippen LogP contribution in [-0.4, -0.2) is 11.8 Å². The Balaban J connectivity index is 1.78. The summed E-state index contributed by atoms with van der Waals surface area (Å²) in [5, 5.41) is 0.438. The summed E-state index contributed by atoms with van der Waals surface area (Å²) in [6.07, 6.45) is 1.57. The zero-order valence-corrected chi connectivity index (χ0v) is 16.7. The first-order chi connectivity index (χ1) is 13.6. The van der Waals surface area contributed by atoms with E-state index in [9.17, 15) is 9.59 Å². The van der Waals surface area contributed by atoms with Gasteiger partial charge in [0.1, 0.15) is 5.76 Å². The molecule has 0 saturated heterocycles. The van der Waals surface area contributed by atoms with E-state index in [2.05, 4.69) is 0 Å². The van der Waals surface area contributed by atoms with Crippen molar-refractivity contribution in [3.63, 3.8) is 0 Å². The molecule has 1 aromatic heterocycles. The van der Waals surface area contributed by atoms with Crippen molar-refractivity contribution in [3.05, 3.63) is 93.2 Å². The number of carbonyl (C=O) groups excluding carboxylic acids is 2. The van der Waals surface area contributed by atoms with Gasteiger partial charge >= 0.3 is 0 Å². The third kappa shape index (κ3) is 3.37. The Morgan fingerprint density at radius 3 is 2.39 bits per heavy atom. The Morgan fingerprint density at radius 1 is 0.893 bits per heavy atom. The lowest BCUT2D eigenvalue weighted by Gasteiger charge is -2.17. The van der Waals surface area contributed by atoms with Crippen molar-refractivity contribution in [1.29, 1.82) is 0 Å². The van der Waals surface area contributed by atoms with Gasteiger partial charge in [0.2, 0.25) is 0 Å². The molecule has 0 fully saturated rings. The molecule has 4 rings (SSSR count). The third-order valence-electron chi connectivity index (χ3n) is 4.21. The van der Waals surface area contributed by atoms with Crippen LogP contribution < -0.4 is 4.90 Å². The molecule has 140 valence electrons. The molecule has 1 aliphatic rings. The second-order valence-corrected chi connectivity index (χ2v) is 7.73. The van der Waals surface area contributed by atoms with E-state index in [0.717, 1.165) is 4.90 Å². The maximum absolute atomic E-state index is 13.3. The molecule has 2 amide bonds. The van der Waals surface area contributed by atoms with Crippen LogP contribution in [0.2, 0.25) is 10.0 Å². The van der Waals surface area contributed by atoms with Crippen LogP contribution in [0.25, 0.3) is 5.57 Å². The first-order valence-electron chi connectivity index (χ1n) is 8.35. The largest absolute Gasteiger partial charge is 0.468 e. The zero-order valence-electron chi connectivity index (χ0n) is 14.4. The predicted octanol–water partition coefficient (Wildman–Crippen LogP) is 5.80. The van der Waals surface area contributed by atoms with Gasteiger partial charge in [-0.25, -0.2) is 4.90 Å². The number of thioether (sulfide) groups is 1. The molecular formula is C21H13Cl2NO3S. The molecule has 0 spiro atoms. The van der Waals surface area contributed by atoms with Crippen LogP contribution in [0.15, 0.2) is 76.2 Å². The molecule has 28 heavy (non-hydrogen) atoms. The van der Waals surface area contributed by atoms with Crippen molar-refractivity contribution >= 4 is 58.0 Å². The van der Waals surface area contributed by atoms with Gasteiger partial charge in [-0.2, -0.15) is 0 Å². The molecule has 2 aromatic carbocycles. The topological polar surface area (TPSA) is 50.5 Å². The highest BCUT2D eigenvalue weighted by atomic mass is 35.5. The number of anilines is 1. The lowest BCUT2D eigenvalue weighted by atomic mass is 10.1. The number of rotatable bonds is 5. The van der Waals surface area contributed by atoms with Gasteiger partial charge in [0.15, 0.2) is 0 Å². The smallest absolute Gasteiger partial charge is 0.272 e. The van der Waals surface area contributed by atoms with Crippen molar-refractivity contribution in [1.82, 2.24) is 0 Å². The van der Waals surface area contributed by atoms with Gasteiger partial charge in [-0.1, -0.05) is 59.6 Å². The number of furan rings is 1. The zero-order chi connectivity index (χ0) is 19.7. The monoisotopic (exact) mass is 429 g/mol. The molecule has 0 atom stereocenters. The van der Waals surface area contributed by atoms with E-state index >= 15 is 0 Å². The number of benzene rings is 2. The second kappa shape index (κ2) is 7.87. The Labute approximate surface area is 175 Å². The van der Waals surface area contributed by atoms with Crippen LogP contribution in [0.3, 0.4) is 0 Å². The minimum absolute atomic E-state index is 0.163. The second-order valence-electron chi connectivity index (χ2n) is 5.96. The highest BCUT2D eigenvalue weighted by Crippen LogP contribution is 2.42. The van der Waals surface area contributed by atoms with Crippen molar-refractivity contribution in [2.45, 2.75) is 5.75 Å². The average molecular weight is 430 g/mol. The number of hydrogen-bond acceptors (Lipinski definition) is 4. The molecule has 3 aromatic rings. The summed E-state index contributed by atoms with van der Waals surface area (Å²) in [6, 6.07) is 17.6. The number of imide groups is 1. The Hall–Kier alpha value is -2.47. The molecule has 7 heteroatoms. The molecule has 0 aliphatic carbocycles. The predicted molar refractivity (Wildman–Crippen MR) is 112 cm³/mol. The van der Waals surface area contributed by atoms with Gasteiger partial charge in [0, 0.05) is 0 Å². The lowest BCUT2D eigenvalue weighted by molar-refractivity contribution is -0.119. The molecule has 0 radical (unpaired) electrons. The molecule has 2 heterocycles. The summed E-state index contributed by atoms with van der Waals surface area (Å²) in [7, 11) is 0. The minimum Gasteiger partial charge on any atom is -0.468 e. The fourth-order valence-electron chi connectivity index (χ4n) is 2.92. The summed E-state index contributed by atoms with van der Waals surface area (Å²) >= 11 is 13.6. The van der Waals surface area contributed by atoms with Gasteiger partial charge < -0.3 is 4.42 Å². The van der Waals surface area contributed by atoms with E-state index in [1.165, 1.54) is 11.8 Å². The average Bonchev–Trinajstić information content (AvgIpc) is 3.30. The van der Waals surface area contributed by atoms with Crippen LogP contribution in [0.5, 0.6) is 0 Å². The van der Waals surface area contributed by atoms with E-state index in [1.54, 1.807) is 42.7 Å². The number of nitrogens with zero attached hydrogens (tertiary/aromatic N) is 1. The highest BCUT2D eigenvalue weighted by Gasteiger charge is 2.41. The number of hydrogen-bond donors (Lipinski definition) is 0. The van der Waals surface area contributed by atoms with Gasteiger partial charge in [-0.05, 0) is 29.8 Å². The van der Waals surface area contributed by atoms with E-state index < -0.39 is 11.8 Å². The van der Waals surface area contributed by atoms with E-state index in [1.807, 2.05) is 24.3 Å². The maximum Gasteiger partial charge on any atom is 0.272 e. The fourth-order valence-corrected chi connectivity index (χ4v) is 4.32. The molecule has 0 bridgehead atoms. The minimum atomic E-state index is -0.428. The number of amides is 2. The van der Waals surface area contributed by atoms with Crippen LogP contribution in [0.1, 0.15) is 11.3 Å². The van der Waals surface area contributed by atoms with E-state index in [0.29, 0.717) is 27.6 Å². The van der Waals surface area contributed by atoms with Gasteiger partial charge in [-0.3, -0.25) is 9.59 Å². The van der Waals surface area contributed by atoms with Crippen LogP contribution in [0, 0.1) is 0 Å². The lowest BCUT2D eigenvalue weighted by Crippen LogP contribution is -2.31. The number of halogens is 2. The summed E-state index contributed by atoms with van der Waals surface area (Å²) in [4.78, 5) is 27.9. The molecule has 0 N–H and O–H groups in total. The van der Waals surface area contributed by atoms with Crippen LogP contribution in [0.4, 0.5) is 5.69 Å². The maximum atomic E-state index is 13.3. The molecule has 4 nitrogen and oxygen atoms in total. The molecule has 1 aliphatic heterocycles. The summed E-state index contributed by atoms with van der Waals surface area (Å²) in [6.45, 7) is 0. The summed E-state index contributed by atoms with van der Waals surface area (Å²) in [5.74, 6) is 0.283. The first-order valence-corrected chi connectivity index (χ1v) is 10.1. The molecular weight excluding hydrogens is 417 g/mol. The fraction of sp³-hybridized carbons (Fsp3) is 0.0476. The highest BCUT2D eigenvalue weighted by molar-refractivity contribution is 8.03. The van der Waals surface area contributed by atoms with E-state index in [4.69, 9.17) is 27.6 Å². The van der Waals surface area contributed by atoms with Gasteiger partial charge in [0.25, 0.3) is 11.8 Å². The van der Waals surface area contributed by atoms with Crippen molar-refractivity contribution in [2.75, 3.05) is 4.90 Å². The van der Waals surface area contributed by atoms with Crippen molar-refractivity contribution in [2.24, 2.45) is 0 Å². The Morgan fingerprint density at radius 2 is 1.68 bits per heavy atom. The first kappa shape index (κ1) is 18.9. The van der Waals surface area contributed by atoms with Crippen molar-refractivity contribution < 1.29 is 14.0 Å². The molecule has 0 saturated carbocycles. The Bertz CT molecular complexity index is 1080. The SMILES string of the molecule is O=C1C(SCc2ccco2)=C(c2ccccc2)C(=O)N1c1cccc(Cl)c1Cl. The van der Waals surface area contributed by atoms with Crippen LogP contribution in [-0.2, 0) is 15.3 Å². The number of carbonyl (C=O) groups is 2. The van der Waals surface area contributed by atoms with Crippen molar-refractivity contribution in [3.8, 4) is 0 Å². The quantitative estimate of drug-likeness (QED) is 0.480. The van der Waals surface area contributed by atoms with Gasteiger partial charge in [-0.15, -0.1) is 11.8 Å². The van der Waals surface area contributed by atoms with Gasteiger partial charge in [0.05, 0.1) is 38.2 Å². The standard InChI is InChI=1S/C21H13Cl2NO3S/c22-15-9-4-10-16(18(15)23)24-20(25)17(13-6-2-1-3-7-13)19(21(24)26)28-12-14-8-5-11-27-14/h1-11H,12H2. The normalized spacial score (nSPS) is 14.3. The summed E-state index contributed by atoms with van der Waals surface area (Å²) in [5.41, 5.74) is 1.29. The van der Waals surface area contributed by atoms with Crippen LogP contribution >= 0.6 is 35.0 Å².